The molecule has 0 aliphatic carbocycles. The molecule has 2 unspecified atom stereocenters. The van der Waals surface area contributed by atoms with Gasteiger partial charge in [-0.15, -0.1) is 0 Å². The highest BCUT2D eigenvalue weighted by Gasteiger charge is 2.34. The molecule has 21 heavy (non-hydrogen) atoms. The summed E-state index contributed by atoms with van der Waals surface area (Å²) in [6.07, 6.45) is -4.60. The van der Waals surface area contributed by atoms with Crippen molar-refractivity contribution < 1.29 is 17.9 Å². The second kappa shape index (κ2) is 6.77. The number of ether oxygens (including phenoxy) is 1. The van der Waals surface area contributed by atoms with Gasteiger partial charge in [0.1, 0.15) is 0 Å². The van der Waals surface area contributed by atoms with Crippen LogP contribution in [0.3, 0.4) is 0 Å². The van der Waals surface area contributed by atoms with E-state index < -0.39 is 11.7 Å². The maximum atomic E-state index is 12.6. The fourth-order valence-electron chi connectivity index (χ4n) is 2.26. The Morgan fingerprint density at radius 1 is 1.14 bits per heavy atom. The lowest BCUT2D eigenvalue weighted by atomic mass is 9.82. The van der Waals surface area contributed by atoms with Gasteiger partial charge in [0.05, 0.1) is 17.7 Å². The first-order valence-corrected chi connectivity index (χ1v) is 6.86. The lowest BCUT2D eigenvalue weighted by molar-refractivity contribution is -0.137. The lowest BCUT2D eigenvalue weighted by Gasteiger charge is -2.36. The van der Waals surface area contributed by atoms with Crippen molar-refractivity contribution in [1.82, 2.24) is 5.43 Å². The maximum absolute atomic E-state index is 12.6. The molecule has 0 saturated heterocycles. The van der Waals surface area contributed by atoms with E-state index in [4.69, 9.17) is 10.6 Å². The van der Waals surface area contributed by atoms with Gasteiger partial charge < -0.3 is 4.74 Å². The second-order valence-corrected chi connectivity index (χ2v) is 6.01. The van der Waals surface area contributed by atoms with Crippen molar-refractivity contribution in [2.75, 3.05) is 6.61 Å². The normalized spacial score (nSPS) is 15.8. The van der Waals surface area contributed by atoms with Gasteiger partial charge in [-0.25, -0.2) is 0 Å². The van der Waals surface area contributed by atoms with Crippen LogP contribution in [0.1, 0.15) is 44.9 Å². The summed E-state index contributed by atoms with van der Waals surface area (Å²) in [6.45, 7) is 8.38. The SMILES string of the molecule is CCOC(C(NN)c1ccc(C(F)(F)F)cc1)C(C)(C)C. The predicted octanol–water partition coefficient (Wildman–Crippen LogP) is 3.66. The number of nitrogens with two attached hydrogens (primary N) is 1. The lowest BCUT2D eigenvalue weighted by Crippen LogP contribution is -2.44. The predicted molar refractivity (Wildman–Crippen MR) is 76.4 cm³/mol. The molecule has 6 heteroatoms. The summed E-state index contributed by atoms with van der Waals surface area (Å²) >= 11 is 0. The first-order chi connectivity index (χ1) is 9.61. The zero-order chi connectivity index (χ0) is 16.3. The van der Waals surface area contributed by atoms with Crippen molar-refractivity contribution in [1.29, 1.82) is 0 Å². The van der Waals surface area contributed by atoms with Crippen LogP contribution in [0, 0.1) is 5.41 Å². The first kappa shape index (κ1) is 17.9. The standard InChI is InChI=1S/C15H23F3N2O/c1-5-21-13(14(2,3)4)12(20-19)10-6-8-11(9-7-10)15(16,17)18/h6-9,12-13,20H,5,19H2,1-4H3. The summed E-state index contributed by atoms with van der Waals surface area (Å²) in [6, 6.07) is 4.61. The molecule has 120 valence electrons. The smallest absolute Gasteiger partial charge is 0.376 e. The van der Waals surface area contributed by atoms with E-state index in [9.17, 15) is 13.2 Å². The van der Waals surface area contributed by atoms with Crippen LogP contribution < -0.4 is 11.3 Å². The number of hydrogen-bond acceptors (Lipinski definition) is 3. The van der Waals surface area contributed by atoms with Gasteiger partial charge in [0, 0.05) is 6.61 Å². The zero-order valence-electron chi connectivity index (χ0n) is 12.8. The average molecular weight is 304 g/mol. The molecule has 1 aromatic rings. The van der Waals surface area contributed by atoms with Crippen molar-refractivity contribution in [3.63, 3.8) is 0 Å². The zero-order valence-corrected chi connectivity index (χ0v) is 12.8. The topological polar surface area (TPSA) is 47.3 Å². The first-order valence-electron chi connectivity index (χ1n) is 6.86. The van der Waals surface area contributed by atoms with E-state index >= 15 is 0 Å². The fraction of sp³-hybridized carbons (Fsp3) is 0.600. The molecular weight excluding hydrogens is 281 g/mol. The molecule has 0 aromatic heterocycles. The molecule has 0 bridgehead atoms. The van der Waals surface area contributed by atoms with Crippen LogP contribution in [-0.4, -0.2) is 12.7 Å². The molecule has 0 aliphatic heterocycles. The molecule has 0 saturated carbocycles. The van der Waals surface area contributed by atoms with Crippen LogP contribution in [0.25, 0.3) is 0 Å². The van der Waals surface area contributed by atoms with Gasteiger partial charge >= 0.3 is 6.18 Å². The van der Waals surface area contributed by atoms with Crippen molar-refractivity contribution in [2.45, 2.75) is 46.0 Å². The van der Waals surface area contributed by atoms with Crippen molar-refractivity contribution in [3.8, 4) is 0 Å². The van der Waals surface area contributed by atoms with Gasteiger partial charge in [0.15, 0.2) is 0 Å². The third kappa shape index (κ3) is 4.69. The Kier molecular flexibility index (Phi) is 5.78. The van der Waals surface area contributed by atoms with Crippen LogP contribution >= 0.6 is 0 Å². The number of alkyl halides is 3. The summed E-state index contributed by atoms with van der Waals surface area (Å²) in [7, 11) is 0. The molecule has 0 radical (unpaired) electrons. The summed E-state index contributed by atoms with van der Waals surface area (Å²) in [5.41, 5.74) is 2.44. The van der Waals surface area contributed by atoms with Gasteiger partial charge in [-0.3, -0.25) is 11.3 Å². The molecule has 3 N–H and O–H groups in total. The maximum Gasteiger partial charge on any atom is 0.416 e. The highest BCUT2D eigenvalue weighted by molar-refractivity contribution is 5.27. The van der Waals surface area contributed by atoms with E-state index in [-0.39, 0.29) is 17.6 Å². The summed E-state index contributed by atoms with van der Waals surface area (Å²) in [4.78, 5) is 0. The molecule has 0 spiro atoms. The highest BCUT2D eigenvalue weighted by atomic mass is 19.4. The minimum Gasteiger partial charge on any atom is -0.376 e. The Morgan fingerprint density at radius 2 is 1.67 bits per heavy atom. The van der Waals surface area contributed by atoms with Crippen LogP contribution in [0.15, 0.2) is 24.3 Å². The van der Waals surface area contributed by atoms with Gasteiger partial charge in [-0.05, 0) is 30.0 Å². The number of nitrogens with one attached hydrogen (secondary N) is 1. The van der Waals surface area contributed by atoms with Gasteiger partial charge in [-0.1, -0.05) is 32.9 Å². The van der Waals surface area contributed by atoms with Crippen LogP contribution in [-0.2, 0) is 10.9 Å². The number of rotatable bonds is 5. The molecule has 0 fully saturated rings. The molecule has 3 nitrogen and oxygen atoms in total. The van der Waals surface area contributed by atoms with Gasteiger partial charge in [0.2, 0.25) is 0 Å². The fourth-order valence-corrected chi connectivity index (χ4v) is 2.26. The van der Waals surface area contributed by atoms with Crippen molar-refractivity contribution in [3.05, 3.63) is 35.4 Å². The minimum atomic E-state index is -4.34. The van der Waals surface area contributed by atoms with E-state index in [1.54, 1.807) is 0 Å². The number of halogens is 3. The Bertz CT molecular complexity index is 438. The van der Waals surface area contributed by atoms with Crippen molar-refractivity contribution >= 4 is 0 Å². The number of hydrogen-bond donors (Lipinski definition) is 2. The van der Waals surface area contributed by atoms with E-state index in [1.165, 1.54) is 12.1 Å². The van der Waals surface area contributed by atoms with E-state index in [0.717, 1.165) is 12.1 Å². The van der Waals surface area contributed by atoms with Crippen LogP contribution in [0.4, 0.5) is 13.2 Å². The van der Waals surface area contributed by atoms with Crippen LogP contribution in [0.5, 0.6) is 0 Å². The average Bonchev–Trinajstić information content (AvgIpc) is 2.37. The largest absolute Gasteiger partial charge is 0.416 e. The number of hydrazine groups is 1. The van der Waals surface area contributed by atoms with E-state index in [1.807, 2.05) is 27.7 Å². The molecule has 2 atom stereocenters. The van der Waals surface area contributed by atoms with Gasteiger partial charge in [-0.2, -0.15) is 13.2 Å². The monoisotopic (exact) mass is 304 g/mol. The Labute approximate surface area is 123 Å². The van der Waals surface area contributed by atoms with Crippen LogP contribution in [0.2, 0.25) is 0 Å². The quantitative estimate of drug-likeness (QED) is 0.644. The summed E-state index contributed by atoms with van der Waals surface area (Å²) in [5.74, 6) is 5.60. The molecule has 0 heterocycles. The summed E-state index contributed by atoms with van der Waals surface area (Å²) < 4.78 is 43.6. The summed E-state index contributed by atoms with van der Waals surface area (Å²) in [5, 5.41) is 0. The Morgan fingerprint density at radius 3 is 2.00 bits per heavy atom. The van der Waals surface area contributed by atoms with E-state index in [0.29, 0.717) is 12.2 Å². The second-order valence-electron chi connectivity index (χ2n) is 6.01. The molecule has 0 aliphatic rings. The molecule has 1 rings (SSSR count). The van der Waals surface area contributed by atoms with Crippen molar-refractivity contribution in [2.24, 2.45) is 11.3 Å². The number of benzene rings is 1. The molecular formula is C15H23F3N2O. The Balaban J connectivity index is 3.08. The molecule has 0 amide bonds. The minimum absolute atomic E-state index is 0.213. The highest BCUT2D eigenvalue weighted by Crippen LogP contribution is 2.34. The Hall–Kier alpha value is -1.11. The van der Waals surface area contributed by atoms with E-state index in [2.05, 4.69) is 5.43 Å². The third-order valence-corrected chi connectivity index (χ3v) is 3.28. The third-order valence-electron chi connectivity index (χ3n) is 3.28. The molecule has 1 aromatic carbocycles. The van der Waals surface area contributed by atoms with Gasteiger partial charge in [0.25, 0.3) is 0 Å².